The van der Waals surface area contributed by atoms with Crippen LogP contribution in [0, 0.1) is 10.1 Å². The summed E-state index contributed by atoms with van der Waals surface area (Å²) in [4.78, 5) is 32.7. The van der Waals surface area contributed by atoms with E-state index in [1.807, 2.05) is 0 Å². The van der Waals surface area contributed by atoms with Gasteiger partial charge in [-0.2, -0.15) is 5.10 Å². The molecular weight excluding hydrogens is 280 g/mol. The number of nitro groups is 1. The van der Waals surface area contributed by atoms with Crippen molar-refractivity contribution in [3.05, 3.63) is 34.3 Å². The average Bonchev–Trinajstić information content (AvgIpc) is 2.85. The van der Waals surface area contributed by atoms with Gasteiger partial charge in [0.25, 0.3) is 0 Å². The molecular formula is C12H16N4O5. The van der Waals surface area contributed by atoms with Crippen LogP contribution in [0.3, 0.4) is 0 Å². The number of hydrogen-bond acceptors (Lipinski definition) is 6. The molecule has 0 aliphatic rings. The first-order chi connectivity index (χ1) is 9.92. The highest BCUT2D eigenvalue weighted by Crippen LogP contribution is 2.07. The number of aromatic nitrogens is 2. The number of nitrogens with one attached hydrogen (secondary N) is 1. The Kier molecular flexibility index (Phi) is 6.05. The van der Waals surface area contributed by atoms with Gasteiger partial charge in [-0.05, 0) is 13.8 Å². The Balaban J connectivity index is 2.43. The molecule has 0 atom stereocenters. The van der Waals surface area contributed by atoms with E-state index in [4.69, 9.17) is 4.74 Å². The minimum absolute atomic E-state index is 0.0762. The smallest absolute Gasteiger partial charge is 0.332 e. The molecule has 1 heterocycles. The van der Waals surface area contributed by atoms with Gasteiger partial charge in [0.1, 0.15) is 12.4 Å². The molecule has 1 aromatic heterocycles. The maximum atomic E-state index is 11.6. The normalized spacial score (nSPS) is 11.0. The lowest BCUT2D eigenvalue weighted by molar-refractivity contribution is -0.385. The Labute approximate surface area is 120 Å². The van der Waals surface area contributed by atoms with Gasteiger partial charge in [0, 0.05) is 24.7 Å². The number of hydrogen-bond donors (Lipinski definition) is 1. The summed E-state index contributed by atoms with van der Waals surface area (Å²) in [5, 5.41) is 16.8. The van der Waals surface area contributed by atoms with E-state index in [0.717, 1.165) is 6.20 Å². The number of carbonyl (C=O) groups excluding carboxylic acids is 2. The molecule has 0 fully saturated rings. The lowest BCUT2D eigenvalue weighted by atomic mass is 10.3. The van der Waals surface area contributed by atoms with Crippen LogP contribution in [-0.4, -0.2) is 33.2 Å². The van der Waals surface area contributed by atoms with Crippen molar-refractivity contribution in [2.45, 2.75) is 26.8 Å². The topological polar surface area (TPSA) is 116 Å². The number of rotatable bonds is 7. The van der Waals surface area contributed by atoms with E-state index in [9.17, 15) is 19.7 Å². The molecule has 1 rings (SSSR count). The summed E-state index contributed by atoms with van der Waals surface area (Å²) < 4.78 is 6.01. The number of esters is 1. The van der Waals surface area contributed by atoms with Crippen LogP contribution in [0.4, 0.5) is 5.69 Å². The summed E-state index contributed by atoms with van der Waals surface area (Å²) in [7, 11) is 0. The summed E-state index contributed by atoms with van der Waals surface area (Å²) >= 11 is 0. The van der Waals surface area contributed by atoms with Crippen molar-refractivity contribution >= 4 is 17.6 Å². The van der Waals surface area contributed by atoms with Crippen LogP contribution in [0.5, 0.6) is 0 Å². The van der Waals surface area contributed by atoms with Crippen molar-refractivity contribution in [1.29, 1.82) is 0 Å². The summed E-state index contributed by atoms with van der Waals surface area (Å²) in [6.45, 7) is 3.71. The molecule has 0 radical (unpaired) electrons. The van der Waals surface area contributed by atoms with Crippen molar-refractivity contribution in [2.24, 2.45) is 0 Å². The highest BCUT2D eigenvalue weighted by Gasteiger charge is 2.10. The zero-order valence-corrected chi connectivity index (χ0v) is 11.7. The van der Waals surface area contributed by atoms with Gasteiger partial charge in [-0.25, -0.2) is 4.79 Å². The number of nitrogens with zero attached hydrogens (tertiary/aromatic N) is 3. The van der Waals surface area contributed by atoms with Crippen LogP contribution in [0.1, 0.15) is 20.3 Å². The van der Waals surface area contributed by atoms with Crippen LogP contribution >= 0.6 is 0 Å². The summed E-state index contributed by atoms with van der Waals surface area (Å²) in [5.41, 5.74) is 0.235. The van der Waals surface area contributed by atoms with Crippen molar-refractivity contribution in [1.82, 2.24) is 15.1 Å². The minimum atomic E-state index is -0.560. The fourth-order valence-corrected chi connectivity index (χ4v) is 1.46. The zero-order chi connectivity index (χ0) is 15.8. The fourth-order valence-electron chi connectivity index (χ4n) is 1.46. The molecule has 0 saturated carbocycles. The maximum absolute atomic E-state index is 11.6. The van der Waals surface area contributed by atoms with Crippen LogP contribution in [0.2, 0.25) is 0 Å². The van der Waals surface area contributed by atoms with E-state index in [1.165, 1.54) is 17.0 Å². The average molecular weight is 296 g/mol. The first-order valence-electron chi connectivity index (χ1n) is 6.24. The molecule has 1 N–H and O–H groups in total. The van der Waals surface area contributed by atoms with Crippen LogP contribution < -0.4 is 5.32 Å². The molecule has 21 heavy (non-hydrogen) atoms. The van der Waals surface area contributed by atoms with Crippen LogP contribution in [0.15, 0.2) is 24.2 Å². The third-order valence-corrected chi connectivity index (χ3v) is 2.36. The summed E-state index contributed by atoms with van der Waals surface area (Å²) in [5.74, 6) is -0.857. The molecule has 0 aliphatic heterocycles. The standard InChI is InChI=1S/C12H16N4O5/c1-3-21-12(18)6-9(2)14-11(17)4-5-15-8-10(7-13-15)16(19)20/h6-8H,3-5H2,1-2H3,(H,14,17)/b9-6+. The number of carbonyl (C=O) groups is 2. The van der Waals surface area contributed by atoms with E-state index in [2.05, 4.69) is 10.4 Å². The largest absolute Gasteiger partial charge is 0.463 e. The van der Waals surface area contributed by atoms with Crippen molar-refractivity contribution in [2.75, 3.05) is 6.61 Å². The molecule has 9 heteroatoms. The van der Waals surface area contributed by atoms with Gasteiger partial charge in [0.05, 0.1) is 11.5 Å². The number of amides is 1. The molecule has 1 aromatic rings. The predicted molar refractivity (Wildman–Crippen MR) is 72.0 cm³/mol. The third-order valence-electron chi connectivity index (χ3n) is 2.36. The molecule has 0 aromatic carbocycles. The van der Waals surface area contributed by atoms with Gasteiger partial charge in [0.2, 0.25) is 5.91 Å². The number of ether oxygens (including phenoxy) is 1. The minimum Gasteiger partial charge on any atom is -0.463 e. The Bertz CT molecular complexity index is 564. The van der Waals surface area contributed by atoms with E-state index in [1.54, 1.807) is 13.8 Å². The Morgan fingerprint density at radius 2 is 2.29 bits per heavy atom. The lowest BCUT2D eigenvalue weighted by Crippen LogP contribution is -2.23. The van der Waals surface area contributed by atoms with Crippen LogP contribution in [-0.2, 0) is 20.9 Å². The number of allylic oxidation sites excluding steroid dienone is 1. The second-order valence-corrected chi connectivity index (χ2v) is 4.10. The van der Waals surface area contributed by atoms with Gasteiger partial charge in [-0.3, -0.25) is 19.6 Å². The van der Waals surface area contributed by atoms with E-state index in [0.29, 0.717) is 5.70 Å². The molecule has 0 aliphatic carbocycles. The first-order valence-corrected chi connectivity index (χ1v) is 6.24. The van der Waals surface area contributed by atoms with E-state index < -0.39 is 10.9 Å². The van der Waals surface area contributed by atoms with Gasteiger partial charge in [-0.15, -0.1) is 0 Å². The highest BCUT2D eigenvalue weighted by atomic mass is 16.6. The van der Waals surface area contributed by atoms with Crippen LogP contribution in [0.25, 0.3) is 0 Å². The first kappa shape index (κ1) is 16.3. The third kappa shape index (κ3) is 5.85. The predicted octanol–water partition coefficient (Wildman–Crippen LogP) is 0.764. The maximum Gasteiger partial charge on any atom is 0.332 e. The zero-order valence-electron chi connectivity index (χ0n) is 11.7. The monoisotopic (exact) mass is 296 g/mol. The lowest BCUT2D eigenvalue weighted by Gasteiger charge is -2.05. The van der Waals surface area contributed by atoms with Crippen molar-refractivity contribution in [3.63, 3.8) is 0 Å². The molecule has 0 unspecified atom stereocenters. The fraction of sp³-hybridized carbons (Fsp3) is 0.417. The van der Waals surface area contributed by atoms with Gasteiger partial charge >= 0.3 is 11.7 Å². The SMILES string of the molecule is CCOC(=O)/C=C(\C)NC(=O)CCn1cc([N+](=O)[O-])cn1. The second kappa shape index (κ2) is 7.78. The number of aryl methyl sites for hydroxylation is 1. The highest BCUT2D eigenvalue weighted by molar-refractivity contribution is 5.84. The molecule has 9 nitrogen and oxygen atoms in total. The van der Waals surface area contributed by atoms with E-state index in [-0.39, 0.29) is 31.2 Å². The van der Waals surface area contributed by atoms with Gasteiger partial charge in [-0.1, -0.05) is 0 Å². The Morgan fingerprint density at radius 3 is 2.86 bits per heavy atom. The summed E-state index contributed by atoms with van der Waals surface area (Å²) in [6.07, 6.45) is 3.62. The molecule has 114 valence electrons. The second-order valence-electron chi connectivity index (χ2n) is 4.10. The van der Waals surface area contributed by atoms with Crippen molar-refractivity contribution in [3.8, 4) is 0 Å². The quantitative estimate of drug-likeness (QED) is 0.344. The summed E-state index contributed by atoms with van der Waals surface area (Å²) in [6, 6.07) is 0. The van der Waals surface area contributed by atoms with Crippen molar-refractivity contribution < 1.29 is 19.2 Å². The molecule has 0 bridgehead atoms. The van der Waals surface area contributed by atoms with Gasteiger partial charge in [0.15, 0.2) is 0 Å². The Hall–Kier alpha value is -2.71. The Morgan fingerprint density at radius 1 is 1.57 bits per heavy atom. The molecule has 1 amide bonds. The molecule has 0 saturated heterocycles. The molecule has 0 spiro atoms. The van der Waals surface area contributed by atoms with Gasteiger partial charge < -0.3 is 10.1 Å². The van der Waals surface area contributed by atoms with E-state index >= 15 is 0 Å².